The third-order valence-electron chi connectivity index (χ3n) is 2.86. The molecule has 1 fully saturated rings. The largest absolute Gasteiger partial charge is 0.377 e. The number of nitrogens with one attached hydrogen (secondary N) is 1. The SMILES string of the molecule is CC.CCNCCOC1CCN(CC)CC1.[HH]. The Labute approximate surface area is 103 Å². The highest BCUT2D eigenvalue weighted by atomic mass is 16.5. The molecule has 0 unspecified atom stereocenters. The first kappa shape index (κ1) is 15.9. The lowest BCUT2D eigenvalue weighted by Gasteiger charge is -2.30. The van der Waals surface area contributed by atoms with Gasteiger partial charge in [0.05, 0.1) is 12.7 Å². The molecule has 0 aromatic carbocycles. The average Bonchev–Trinajstić information content (AvgIpc) is 2.38. The van der Waals surface area contributed by atoms with Crippen molar-refractivity contribution in [3.8, 4) is 0 Å². The molecular formula is C13H32N2O. The molecule has 0 amide bonds. The van der Waals surface area contributed by atoms with E-state index in [-0.39, 0.29) is 1.43 Å². The summed E-state index contributed by atoms with van der Waals surface area (Å²) in [4.78, 5) is 2.49. The molecule has 0 radical (unpaired) electrons. The molecule has 1 rings (SSSR count). The second kappa shape index (κ2) is 11.4. The van der Waals surface area contributed by atoms with Crippen LogP contribution in [-0.4, -0.2) is 50.3 Å². The standard InChI is InChI=1S/C11H24N2O.C2H6.H2/c1-3-12-7-10-14-11-5-8-13(4-2)9-6-11;1-2;/h11-12H,3-10H2,1-2H3;1-2H3;1H. The molecule has 0 aliphatic carbocycles. The zero-order valence-electron chi connectivity index (χ0n) is 11.6. The van der Waals surface area contributed by atoms with Crippen LogP contribution in [0.3, 0.4) is 0 Å². The maximum absolute atomic E-state index is 5.79. The highest BCUT2D eigenvalue weighted by molar-refractivity contribution is 4.71. The van der Waals surface area contributed by atoms with Crippen LogP contribution >= 0.6 is 0 Å². The molecule has 0 aromatic heterocycles. The monoisotopic (exact) mass is 232 g/mol. The Bertz CT molecular complexity index is 139. The third-order valence-corrected chi connectivity index (χ3v) is 2.86. The van der Waals surface area contributed by atoms with Crippen molar-refractivity contribution in [3.05, 3.63) is 0 Å². The summed E-state index contributed by atoms with van der Waals surface area (Å²) in [6, 6.07) is 0. The zero-order valence-corrected chi connectivity index (χ0v) is 11.6. The van der Waals surface area contributed by atoms with Gasteiger partial charge >= 0.3 is 0 Å². The molecule has 16 heavy (non-hydrogen) atoms. The van der Waals surface area contributed by atoms with Crippen molar-refractivity contribution >= 4 is 0 Å². The summed E-state index contributed by atoms with van der Waals surface area (Å²) < 4.78 is 5.79. The maximum Gasteiger partial charge on any atom is 0.0600 e. The van der Waals surface area contributed by atoms with Crippen molar-refractivity contribution in [2.24, 2.45) is 0 Å². The van der Waals surface area contributed by atoms with Crippen molar-refractivity contribution in [2.45, 2.75) is 46.6 Å². The van der Waals surface area contributed by atoms with Crippen LogP contribution in [0.5, 0.6) is 0 Å². The van der Waals surface area contributed by atoms with Gasteiger partial charge in [0.1, 0.15) is 0 Å². The summed E-state index contributed by atoms with van der Waals surface area (Å²) in [5, 5.41) is 3.27. The van der Waals surface area contributed by atoms with Crippen LogP contribution in [0.1, 0.15) is 42.0 Å². The lowest BCUT2D eigenvalue weighted by molar-refractivity contribution is 0.0104. The van der Waals surface area contributed by atoms with E-state index in [1.165, 1.54) is 32.5 Å². The summed E-state index contributed by atoms with van der Waals surface area (Å²) >= 11 is 0. The van der Waals surface area contributed by atoms with E-state index in [0.717, 1.165) is 19.7 Å². The van der Waals surface area contributed by atoms with Gasteiger partial charge in [-0.25, -0.2) is 0 Å². The van der Waals surface area contributed by atoms with Crippen LogP contribution in [-0.2, 0) is 4.74 Å². The van der Waals surface area contributed by atoms with Gasteiger partial charge in [0.15, 0.2) is 0 Å². The summed E-state index contributed by atoms with van der Waals surface area (Å²) in [7, 11) is 0. The highest BCUT2D eigenvalue weighted by Crippen LogP contribution is 2.12. The van der Waals surface area contributed by atoms with Crippen molar-refractivity contribution in [1.82, 2.24) is 10.2 Å². The van der Waals surface area contributed by atoms with Gasteiger partial charge in [0.25, 0.3) is 0 Å². The summed E-state index contributed by atoms with van der Waals surface area (Å²) in [6.07, 6.45) is 2.93. The predicted octanol–water partition coefficient (Wildman–Crippen LogP) is 2.37. The molecule has 1 N–H and O–H groups in total. The van der Waals surface area contributed by atoms with E-state index in [9.17, 15) is 0 Å². The number of likely N-dealkylation sites (N-methyl/N-ethyl adjacent to an activating group) is 1. The number of nitrogens with zero attached hydrogens (tertiary/aromatic N) is 1. The molecule has 0 bridgehead atoms. The minimum absolute atomic E-state index is 0. The van der Waals surface area contributed by atoms with Crippen molar-refractivity contribution in [2.75, 3.05) is 39.3 Å². The topological polar surface area (TPSA) is 24.5 Å². The van der Waals surface area contributed by atoms with E-state index < -0.39 is 0 Å². The van der Waals surface area contributed by atoms with Gasteiger partial charge < -0.3 is 15.0 Å². The number of hydrogen-bond acceptors (Lipinski definition) is 3. The molecule has 1 heterocycles. The number of hydrogen-bond donors (Lipinski definition) is 1. The Morgan fingerprint density at radius 1 is 1.25 bits per heavy atom. The van der Waals surface area contributed by atoms with Gasteiger partial charge in [-0.1, -0.05) is 27.7 Å². The molecule has 0 aromatic rings. The average molecular weight is 232 g/mol. The first-order valence-corrected chi connectivity index (χ1v) is 6.91. The molecule has 0 atom stereocenters. The number of piperidine rings is 1. The minimum atomic E-state index is 0. The van der Waals surface area contributed by atoms with Crippen molar-refractivity contribution in [3.63, 3.8) is 0 Å². The minimum Gasteiger partial charge on any atom is -0.377 e. The van der Waals surface area contributed by atoms with Crippen LogP contribution < -0.4 is 5.32 Å². The molecule has 1 saturated heterocycles. The van der Waals surface area contributed by atoms with E-state index in [0.29, 0.717) is 6.10 Å². The lowest BCUT2D eigenvalue weighted by Crippen LogP contribution is -2.37. The van der Waals surface area contributed by atoms with E-state index in [1.807, 2.05) is 13.8 Å². The normalized spacial score (nSPS) is 18.0. The molecule has 1 aliphatic heterocycles. The van der Waals surface area contributed by atoms with E-state index in [2.05, 4.69) is 24.1 Å². The highest BCUT2D eigenvalue weighted by Gasteiger charge is 2.17. The summed E-state index contributed by atoms with van der Waals surface area (Å²) in [5.74, 6) is 0. The Balaban J connectivity index is 0. The molecule has 0 saturated carbocycles. The quantitative estimate of drug-likeness (QED) is 0.712. The smallest absolute Gasteiger partial charge is 0.0600 e. The number of ether oxygens (including phenoxy) is 1. The molecule has 3 heteroatoms. The lowest BCUT2D eigenvalue weighted by atomic mass is 10.1. The molecule has 100 valence electrons. The molecular weight excluding hydrogens is 200 g/mol. The fraction of sp³-hybridized carbons (Fsp3) is 1.00. The summed E-state index contributed by atoms with van der Waals surface area (Å²) in [5.41, 5.74) is 0. The Hall–Kier alpha value is -0.120. The number of likely N-dealkylation sites (tertiary alicyclic amines) is 1. The second-order valence-corrected chi connectivity index (χ2v) is 3.86. The first-order chi connectivity index (χ1) is 7.86. The van der Waals surface area contributed by atoms with Gasteiger partial charge in [0, 0.05) is 21.1 Å². The van der Waals surface area contributed by atoms with E-state index in [1.54, 1.807) is 0 Å². The van der Waals surface area contributed by atoms with Gasteiger partial charge in [-0.05, 0) is 25.9 Å². The van der Waals surface area contributed by atoms with Crippen molar-refractivity contribution in [1.29, 1.82) is 0 Å². The van der Waals surface area contributed by atoms with Gasteiger partial charge in [0.2, 0.25) is 0 Å². The van der Waals surface area contributed by atoms with Crippen LogP contribution in [0, 0.1) is 0 Å². The Kier molecular flexibility index (Phi) is 11.3. The van der Waals surface area contributed by atoms with Crippen LogP contribution in [0.2, 0.25) is 0 Å². The first-order valence-electron chi connectivity index (χ1n) is 6.91. The second-order valence-electron chi connectivity index (χ2n) is 3.86. The van der Waals surface area contributed by atoms with Crippen LogP contribution in [0.4, 0.5) is 0 Å². The van der Waals surface area contributed by atoms with Gasteiger partial charge in [-0.15, -0.1) is 0 Å². The Morgan fingerprint density at radius 2 is 1.88 bits per heavy atom. The van der Waals surface area contributed by atoms with E-state index in [4.69, 9.17) is 4.74 Å². The molecule has 3 nitrogen and oxygen atoms in total. The molecule has 1 aliphatic rings. The Morgan fingerprint density at radius 3 is 2.38 bits per heavy atom. The third kappa shape index (κ3) is 7.20. The van der Waals surface area contributed by atoms with E-state index >= 15 is 0 Å². The zero-order chi connectivity index (χ0) is 12.2. The predicted molar refractivity (Wildman–Crippen MR) is 73.1 cm³/mol. The molecule has 0 spiro atoms. The van der Waals surface area contributed by atoms with Crippen LogP contribution in [0.15, 0.2) is 0 Å². The maximum atomic E-state index is 5.79. The number of rotatable bonds is 6. The van der Waals surface area contributed by atoms with Gasteiger partial charge in [-0.2, -0.15) is 0 Å². The van der Waals surface area contributed by atoms with Gasteiger partial charge in [-0.3, -0.25) is 0 Å². The fourth-order valence-corrected chi connectivity index (χ4v) is 1.87. The fourth-order valence-electron chi connectivity index (χ4n) is 1.87. The van der Waals surface area contributed by atoms with Crippen molar-refractivity contribution < 1.29 is 6.16 Å². The van der Waals surface area contributed by atoms with Crippen LogP contribution in [0.25, 0.3) is 0 Å². The summed E-state index contributed by atoms with van der Waals surface area (Å²) in [6.45, 7) is 14.9.